The molecule has 0 amide bonds. The van der Waals surface area contributed by atoms with Crippen LogP contribution in [0.2, 0.25) is 0 Å². The average molecular weight is 1520 g/mol. The summed E-state index contributed by atoms with van der Waals surface area (Å²) in [6, 6.07) is 108. The van der Waals surface area contributed by atoms with Gasteiger partial charge in [0.15, 0.2) is 46.6 Å². The molecule has 0 spiro atoms. The van der Waals surface area contributed by atoms with Gasteiger partial charge in [-0.05, 0) is 88.1 Å². The maximum absolute atomic E-state index is 5.14. The van der Waals surface area contributed by atoms with Crippen molar-refractivity contribution >= 4 is 43.4 Å². The van der Waals surface area contributed by atoms with E-state index in [0.29, 0.717) is 80.8 Å². The third kappa shape index (κ3) is 15.4. The lowest BCUT2D eigenvalue weighted by atomic mass is 10.0. The number of rotatable bonds is 14. The molecule has 0 aliphatic carbocycles. The summed E-state index contributed by atoms with van der Waals surface area (Å²) in [6.07, 6.45) is 13.9. The van der Waals surface area contributed by atoms with Gasteiger partial charge in [-0.3, -0.25) is 9.97 Å². The normalized spacial score (nSPS) is 11.1. The molecule has 11 heterocycles. The summed E-state index contributed by atoms with van der Waals surface area (Å²) in [4.78, 5) is 94.4. The molecule has 0 saturated heterocycles. The Morgan fingerprint density at radius 1 is 0.136 bits per heavy atom. The Bertz CT molecular complexity index is 6540. The highest BCUT2D eigenvalue weighted by atomic mass is 15.1. The summed E-state index contributed by atoms with van der Waals surface area (Å²) in [7, 11) is 0. The fourth-order valence-electron chi connectivity index (χ4n) is 13.6. The van der Waals surface area contributed by atoms with E-state index in [1.807, 2.05) is 255 Å². The lowest BCUT2D eigenvalue weighted by Crippen LogP contribution is -2.05. The molecule has 11 aromatic heterocycles. The number of nitrogens with zero attached hydrogens (tertiary/aromatic N) is 20. The minimum atomic E-state index is 0.265. The summed E-state index contributed by atoms with van der Waals surface area (Å²) < 4.78 is 0. The predicted octanol–water partition coefficient (Wildman–Crippen LogP) is 20.9. The fraction of sp³-hybridized carbons (Fsp3) is 0. The molecule has 554 valence electrons. The first kappa shape index (κ1) is 71.6. The topological polar surface area (TPSA) is 258 Å². The zero-order valence-electron chi connectivity index (χ0n) is 62.7. The number of fused-ring (bicyclic) bond motifs is 6. The van der Waals surface area contributed by atoms with Gasteiger partial charge >= 0.3 is 0 Å². The molecule has 21 rings (SSSR count). The van der Waals surface area contributed by atoms with Crippen LogP contribution in [0.1, 0.15) is 0 Å². The molecule has 0 aliphatic rings. The van der Waals surface area contributed by atoms with E-state index < -0.39 is 0 Å². The number of benzene rings is 10. The lowest BCUT2D eigenvalue weighted by molar-refractivity contribution is 0.984. The van der Waals surface area contributed by atoms with Gasteiger partial charge in [0.2, 0.25) is 17.5 Å². The highest BCUT2D eigenvalue weighted by Crippen LogP contribution is 2.37. The molecule has 20 heteroatoms. The standard InChI is InChI=1S/C46H28N6.C33H21N9.C19H13N5/c1-3-15-31(16-4-1)41-35-27-25-29-13-7-9-19-33(29)43(35)51-45(49-41)39-23-11-21-37(47-39)38-22-12-24-40(48-38)46-50-42(32-17-5-2-6-18-32)36-28-26-30-14-8-10-20-34(30)44(36)52-46;1-4-10-22(11-5-1)25-16-34-28(35-17-25)31-40-32(29-36-18-26(19-37-29)23-12-6-2-7-13-23)42-33(41-31)30-38-20-27(21-39-30)24-14-8-3-9-15-24;1-2-8-14(9-3-1)17-22-18(15-10-4-6-12-20-15)24-19(23-17)16-11-5-7-13-21-16/h1-28H;1-21H;1-13H. The Hall–Kier alpha value is -16.7. The van der Waals surface area contributed by atoms with E-state index in [9.17, 15) is 0 Å². The Morgan fingerprint density at radius 3 is 0.780 bits per heavy atom. The van der Waals surface area contributed by atoms with Crippen LogP contribution in [0, 0.1) is 0 Å². The first-order chi connectivity index (χ1) is 58.5. The summed E-state index contributed by atoms with van der Waals surface area (Å²) >= 11 is 0. The minimum Gasteiger partial charge on any atom is -0.253 e. The molecule has 0 aliphatic heterocycles. The second-order valence-corrected chi connectivity index (χ2v) is 27.1. The van der Waals surface area contributed by atoms with Crippen molar-refractivity contribution in [3.05, 3.63) is 377 Å². The number of pyridine rings is 4. The maximum atomic E-state index is 5.14. The van der Waals surface area contributed by atoms with Crippen LogP contribution in [0.3, 0.4) is 0 Å². The summed E-state index contributed by atoms with van der Waals surface area (Å²) in [5.74, 6) is 4.57. The van der Waals surface area contributed by atoms with Crippen molar-refractivity contribution in [1.82, 2.24) is 99.7 Å². The van der Waals surface area contributed by atoms with Crippen molar-refractivity contribution in [3.8, 4) is 160 Å². The molecule has 20 nitrogen and oxygen atoms in total. The van der Waals surface area contributed by atoms with Crippen molar-refractivity contribution in [2.75, 3.05) is 0 Å². The average Bonchev–Trinajstić information content (AvgIpc) is 0.758. The van der Waals surface area contributed by atoms with Crippen LogP contribution in [0.5, 0.6) is 0 Å². The van der Waals surface area contributed by atoms with Gasteiger partial charge in [0.05, 0.1) is 33.8 Å². The number of hydrogen-bond donors (Lipinski definition) is 0. The summed E-state index contributed by atoms with van der Waals surface area (Å²) in [5.41, 5.74) is 16.3. The Kier molecular flexibility index (Phi) is 20.0. The molecule has 0 bridgehead atoms. The van der Waals surface area contributed by atoms with Gasteiger partial charge in [-0.25, -0.2) is 89.7 Å². The van der Waals surface area contributed by atoms with Crippen LogP contribution in [0.4, 0.5) is 0 Å². The van der Waals surface area contributed by atoms with E-state index in [1.165, 1.54) is 0 Å². The molecule has 0 radical (unpaired) electrons. The van der Waals surface area contributed by atoms with Gasteiger partial charge in [-0.2, -0.15) is 0 Å². The Balaban J connectivity index is 0.000000125. The molecule has 10 aromatic carbocycles. The largest absolute Gasteiger partial charge is 0.253 e. The third-order valence-electron chi connectivity index (χ3n) is 19.5. The van der Waals surface area contributed by atoms with E-state index in [-0.39, 0.29) is 17.5 Å². The molecule has 0 N–H and O–H groups in total. The van der Waals surface area contributed by atoms with E-state index in [4.69, 9.17) is 29.9 Å². The summed E-state index contributed by atoms with van der Waals surface area (Å²) in [6.45, 7) is 0. The minimum absolute atomic E-state index is 0.265. The van der Waals surface area contributed by atoms with Gasteiger partial charge in [-0.1, -0.05) is 267 Å². The van der Waals surface area contributed by atoms with Crippen molar-refractivity contribution in [3.63, 3.8) is 0 Å². The van der Waals surface area contributed by atoms with Crippen molar-refractivity contribution in [2.24, 2.45) is 0 Å². The maximum Gasteiger partial charge on any atom is 0.202 e. The van der Waals surface area contributed by atoms with Crippen molar-refractivity contribution < 1.29 is 0 Å². The van der Waals surface area contributed by atoms with Crippen LogP contribution < -0.4 is 0 Å². The zero-order valence-corrected chi connectivity index (χ0v) is 62.7. The molecule has 0 unspecified atom stereocenters. The molecule has 0 saturated carbocycles. The molecule has 118 heavy (non-hydrogen) atoms. The monoisotopic (exact) mass is 1520 g/mol. The smallest absolute Gasteiger partial charge is 0.202 e. The first-order valence-corrected chi connectivity index (χ1v) is 38.0. The molecule has 0 atom stereocenters. The lowest BCUT2D eigenvalue weighted by Gasteiger charge is -2.12. The van der Waals surface area contributed by atoms with Gasteiger partial charge < -0.3 is 0 Å². The highest BCUT2D eigenvalue weighted by Gasteiger charge is 2.22. The Labute approximate surface area is 675 Å². The summed E-state index contributed by atoms with van der Waals surface area (Å²) in [5, 5.41) is 6.39. The van der Waals surface area contributed by atoms with Gasteiger partial charge in [0, 0.05) is 105 Å². The SMILES string of the molecule is c1ccc(-c2cnc(-c3nc(-c4ncc(-c5ccccc5)cn4)nc(-c4ncc(-c5ccccc5)cn4)n3)nc2)cc1.c1ccc(-c2nc(-c3cccc(-c4cccc(-c5nc(-c6ccccc6)c6ccc7ccccc7c6n5)n4)n3)nc3c2ccc2ccccc23)cc1.c1ccc(-c2nc(-c3ccccn3)nc(-c3ccccn3)n2)cc1. The molecule has 21 aromatic rings. The van der Waals surface area contributed by atoms with E-state index in [1.54, 1.807) is 49.6 Å². The first-order valence-electron chi connectivity index (χ1n) is 38.0. The van der Waals surface area contributed by atoms with Crippen LogP contribution in [-0.4, -0.2) is 99.7 Å². The fourth-order valence-corrected chi connectivity index (χ4v) is 13.6. The molecular weight excluding hydrogens is 1460 g/mol. The third-order valence-corrected chi connectivity index (χ3v) is 19.5. The van der Waals surface area contributed by atoms with E-state index in [0.717, 1.165) is 105 Å². The Morgan fingerprint density at radius 2 is 0.424 bits per heavy atom. The second-order valence-electron chi connectivity index (χ2n) is 27.1. The van der Waals surface area contributed by atoms with Crippen molar-refractivity contribution in [1.29, 1.82) is 0 Å². The quantitative estimate of drug-likeness (QED) is 0.0916. The van der Waals surface area contributed by atoms with E-state index >= 15 is 0 Å². The predicted molar refractivity (Wildman–Crippen MR) is 461 cm³/mol. The molecule has 0 fully saturated rings. The van der Waals surface area contributed by atoms with Gasteiger partial charge in [0.25, 0.3) is 0 Å². The zero-order chi connectivity index (χ0) is 78.8. The van der Waals surface area contributed by atoms with E-state index in [2.05, 4.69) is 143 Å². The number of aromatic nitrogens is 20. The van der Waals surface area contributed by atoms with Gasteiger partial charge in [0.1, 0.15) is 22.8 Å². The van der Waals surface area contributed by atoms with Crippen molar-refractivity contribution in [2.45, 2.75) is 0 Å². The molecular formula is C98H62N20. The van der Waals surface area contributed by atoms with Crippen LogP contribution in [0.15, 0.2) is 377 Å². The van der Waals surface area contributed by atoms with Crippen LogP contribution in [-0.2, 0) is 0 Å². The highest BCUT2D eigenvalue weighted by molar-refractivity contribution is 6.11. The van der Waals surface area contributed by atoms with Gasteiger partial charge in [-0.15, -0.1) is 0 Å². The second kappa shape index (κ2) is 32.9. The number of hydrogen-bond acceptors (Lipinski definition) is 20. The van der Waals surface area contributed by atoms with Crippen LogP contribution >= 0.6 is 0 Å². The van der Waals surface area contributed by atoms with Crippen LogP contribution in [0.25, 0.3) is 203 Å².